The van der Waals surface area contributed by atoms with Gasteiger partial charge in [-0.3, -0.25) is 10.1 Å². The molecule has 0 unspecified atom stereocenters. The Labute approximate surface area is 117 Å². The molecule has 108 valence electrons. The molecule has 20 heavy (non-hydrogen) atoms. The van der Waals surface area contributed by atoms with Crippen LogP contribution in [0.2, 0.25) is 0 Å². The fourth-order valence-corrected chi connectivity index (χ4v) is 1.69. The first-order valence-electron chi connectivity index (χ1n) is 6.29. The largest absolute Gasteiger partial charge is 0.466 e. The molecule has 0 saturated heterocycles. The predicted molar refractivity (Wildman–Crippen MR) is 75.2 cm³/mol. The summed E-state index contributed by atoms with van der Waals surface area (Å²) in [4.78, 5) is 21.6. The van der Waals surface area contributed by atoms with Crippen molar-refractivity contribution >= 4 is 11.7 Å². The molecule has 6 nitrogen and oxygen atoms in total. The van der Waals surface area contributed by atoms with Crippen molar-refractivity contribution in [2.24, 2.45) is 0 Å². The van der Waals surface area contributed by atoms with Crippen LogP contribution in [0, 0.1) is 10.1 Å². The Morgan fingerprint density at radius 1 is 1.50 bits per heavy atom. The number of carbonyl (C=O) groups is 1. The number of nitrogens with zero attached hydrogens (tertiary/aromatic N) is 1. The van der Waals surface area contributed by atoms with Crippen molar-refractivity contribution in [1.29, 1.82) is 0 Å². The highest BCUT2D eigenvalue weighted by atomic mass is 16.6. The SMILES string of the molecule is CC/C(=C/CNCc1cccc([N+](=O)[O-])c1)C(=O)OC. The molecule has 0 aliphatic heterocycles. The van der Waals surface area contributed by atoms with Crippen molar-refractivity contribution < 1.29 is 14.5 Å². The Balaban J connectivity index is 2.52. The third-order valence-corrected chi connectivity index (χ3v) is 2.77. The quantitative estimate of drug-likeness (QED) is 0.272. The van der Waals surface area contributed by atoms with Gasteiger partial charge in [0.15, 0.2) is 0 Å². The number of carbonyl (C=O) groups excluding carboxylic acids is 1. The molecule has 0 atom stereocenters. The van der Waals surface area contributed by atoms with E-state index in [1.54, 1.807) is 12.1 Å². The number of nitro groups is 1. The lowest BCUT2D eigenvalue weighted by Gasteiger charge is -2.04. The minimum atomic E-state index is -0.421. The summed E-state index contributed by atoms with van der Waals surface area (Å²) >= 11 is 0. The number of non-ortho nitro benzene ring substituents is 1. The molecular weight excluding hydrogens is 260 g/mol. The van der Waals surface area contributed by atoms with E-state index in [1.165, 1.54) is 19.2 Å². The van der Waals surface area contributed by atoms with Gasteiger partial charge in [0.2, 0.25) is 0 Å². The second kappa shape index (κ2) is 8.06. The Morgan fingerprint density at radius 2 is 2.25 bits per heavy atom. The van der Waals surface area contributed by atoms with Gasteiger partial charge in [0.25, 0.3) is 5.69 Å². The van der Waals surface area contributed by atoms with Crippen molar-refractivity contribution in [3.8, 4) is 0 Å². The molecule has 0 aliphatic rings. The average Bonchev–Trinajstić information content (AvgIpc) is 2.47. The maximum absolute atomic E-state index is 11.3. The van der Waals surface area contributed by atoms with Gasteiger partial charge in [-0.2, -0.15) is 0 Å². The van der Waals surface area contributed by atoms with Gasteiger partial charge < -0.3 is 10.1 Å². The lowest BCUT2D eigenvalue weighted by atomic mass is 10.2. The maximum atomic E-state index is 11.3. The van der Waals surface area contributed by atoms with Crippen molar-refractivity contribution in [1.82, 2.24) is 5.32 Å². The van der Waals surface area contributed by atoms with Gasteiger partial charge >= 0.3 is 5.97 Å². The maximum Gasteiger partial charge on any atom is 0.333 e. The third-order valence-electron chi connectivity index (χ3n) is 2.77. The lowest BCUT2D eigenvalue weighted by molar-refractivity contribution is -0.384. The molecule has 0 aromatic heterocycles. The van der Waals surface area contributed by atoms with Gasteiger partial charge in [-0.25, -0.2) is 4.79 Å². The first-order valence-corrected chi connectivity index (χ1v) is 6.29. The van der Waals surface area contributed by atoms with Crippen LogP contribution in [0.5, 0.6) is 0 Å². The van der Waals surface area contributed by atoms with Crippen molar-refractivity contribution in [2.45, 2.75) is 19.9 Å². The number of benzene rings is 1. The molecule has 0 amide bonds. The summed E-state index contributed by atoms with van der Waals surface area (Å²) < 4.78 is 4.65. The monoisotopic (exact) mass is 278 g/mol. The number of rotatable bonds is 7. The van der Waals surface area contributed by atoms with E-state index in [0.717, 1.165) is 5.56 Å². The van der Waals surface area contributed by atoms with Crippen LogP contribution in [0.3, 0.4) is 0 Å². The zero-order valence-corrected chi connectivity index (χ0v) is 11.6. The van der Waals surface area contributed by atoms with Crippen LogP contribution in [0.4, 0.5) is 5.69 Å². The first kappa shape index (κ1) is 15.8. The molecule has 0 fully saturated rings. The summed E-state index contributed by atoms with van der Waals surface area (Å²) in [5, 5.41) is 13.7. The molecule has 0 bridgehead atoms. The van der Waals surface area contributed by atoms with Gasteiger partial charge in [-0.1, -0.05) is 25.1 Å². The second-order valence-corrected chi connectivity index (χ2v) is 4.13. The zero-order chi connectivity index (χ0) is 15.0. The van der Waals surface area contributed by atoms with Crippen LogP contribution >= 0.6 is 0 Å². The summed E-state index contributed by atoms with van der Waals surface area (Å²) in [6.45, 7) is 2.88. The molecule has 0 heterocycles. The molecule has 6 heteroatoms. The number of nitro benzene ring substituents is 1. The van der Waals surface area contributed by atoms with Crippen LogP contribution in [-0.2, 0) is 16.1 Å². The molecular formula is C14H18N2O4. The Morgan fingerprint density at radius 3 is 2.85 bits per heavy atom. The van der Waals surface area contributed by atoms with Crippen LogP contribution in [0.1, 0.15) is 18.9 Å². The standard InChI is InChI=1S/C14H18N2O4/c1-3-12(14(17)20-2)7-8-15-10-11-5-4-6-13(9-11)16(18)19/h4-7,9,15H,3,8,10H2,1-2H3/b12-7-. The number of hydrogen-bond donors (Lipinski definition) is 1. The lowest BCUT2D eigenvalue weighted by Crippen LogP contribution is -2.15. The number of hydrogen-bond acceptors (Lipinski definition) is 5. The molecule has 0 spiro atoms. The van der Waals surface area contributed by atoms with Gasteiger partial charge in [0.05, 0.1) is 12.0 Å². The molecule has 0 saturated carbocycles. The van der Waals surface area contributed by atoms with E-state index in [0.29, 0.717) is 25.1 Å². The normalized spacial score (nSPS) is 11.2. The fourth-order valence-electron chi connectivity index (χ4n) is 1.69. The Bertz CT molecular complexity index is 512. The first-order chi connectivity index (χ1) is 9.58. The van der Waals surface area contributed by atoms with Gasteiger partial charge in [0, 0.05) is 30.8 Å². The van der Waals surface area contributed by atoms with E-state index < -0.39 is 4.92 Å². The minimum Gasteiger partial charge on any atom is -0.466 e. The molecule has 1 aromatic carbocycles. The van der Waals surface area contributed by atoms with Crippen molar-refractivity contribution in [2.75, 3.05) is 13.7 Å². The van der Waals surface area contributed by atoms with Gasteiger partial charge in [-0.05, 0) is 12.0 Å². The summed E-state index contributed by atoms with van der Waals surface area (Å²) in [5.41, 5.74) is 1.51. The summed E-state index contributed by atoms with van der Waals surface area (Å²) in [6, 6.07) is 6.44. The van der Waals surface area contributed by atoms with E-state index >= 15 is 0 Å². The highest BCUT2D eigenvalue weighted by molar-refractivity contribution is 5.88. The molecule has 0 aliphatic carbocycles. The molecule has 1 aromatic rings. The highest BCUT2D eigenvalue weighted by Gasteiger charge is 2.06. The van der Waals surface area contributed by atoms with Gasteiger partial charge in [-0.15, -0.1) is 0 Å². The molecule has 1 N–H and O–H groups in total. The smallest absolute Gasteiger partial charge is 0.333 e. The molecule has 1 rings (SSSR count). The van der Waals surface area contributed by atoms with E-state index in [9.17, 15) is 14.9 Å². The minimum absolute atomic E-state index is 0.0728. The van der Waals surface area contributed by atoms with Crippen molar-refractivity contribution in [3.05, 3.63) is 51.6 Å². The topological polar surface area (TPSA) is 81.5 Å². The summed E-state index contributed by atoms with van der Waals surface area (Å²) in [5.74, 6) is -0.329. The van der Waals surface area contributed by atoms with E-state index in [1.807, 2.05) is 13.0 Å². The average molecular weight is 278 g/mol. The van der Waals surface area contributed by atoms with Crippen LogP contribution in [-0.4, -0.2) is 24.5 Å². The van der Waals surface area contributed by atoms with Crippen LogP contribution in [0.25, 0.3) is 0 Å². The zero-order valence-electron chi connectivity index (χ0n) is 11.6. The van der Waals surface area contributed by atoms with E-state index in [2.05, 4.69) is 10.1 Å². The molecule has 0 radical (unpaired) electrons. The number of ether oxygens (including phenoxy) is 1. The summed E-state index contributed by atoms with van der Waals surface area (Å²) in [7, 11) is 1.35. The number of nitrogens with one attached hydrogen (secondary N) is 1. The second-order valence-electron chi connectivity index (χ2n) is 4.13. The van der Waals surface area contributed by atoms with Gasteiger partial charge in [0.1, 0.15) is 0 Å². The Kier molecular flexibility index (Phi) is 6.39. The summed E-state index contributed by atoms with van der Waals surface area (Å²) in [6.07, 6.45) is 2.37. The van der Waals surface area contributed by atoms with Crippen LogP contribution in [0.15, 0.2) is 35.9 Å². The third kappa shape index (κ3) is 4.81. The predicted octanol–water partition coefficient (Wildman–Crippen LogP) is 2.19. The number of esters is 1. The van der Waals surface area contributed by atoms with E-state index in [-0.39, 0.29) is 11.7 Å². The van der Waals surface area contributed by atoms with Crippen molar-refractivity contribution in [3.63, 3.8) is 0 Å². The fraction of sp³-hybridized carbons (Fsp3) is 0.357. The number of methoxy groups -OCH3 is 1. The Hall–Kier alpha value is -2.21. The van der Waals surface area contributed by atoms with Crippen LogP contribution < -0.4 is 5.32 Å². The van der Waals surface area contributed by atoms with E-state index in [4.69, 9.17) is 0 Å². The highest BCUT2D eigenvalue weighted by Crippen LogP contribution is 2.12.